The fourth-order valence-corrected chi connectivity index (χ4v) is 2.03. The van der Waals surface area contributed by atoms with Crippen molar-refractivity contribution >= 4 is 29.5 Å². The van der Waals surface area contributed by atoms with Gasteiger partial charge in [-0.05, 0) is 23.8 Å². The molecule has 0 radical (unpaired) electrons. The second-order valence-corrected chi connectivity index (χ2v) is 4.92. The Bertz CT molecular complexity index is 795. The monoisotopic (exact) mass is 310 g/mol. The maximum absolute atomic E-state index is 11.8. The maximum Gasteiger partial charge on any atom is 0.363 e. The summed E-state index contributed by atoms with van der Waals surface area (Å²) >= 11 is 5.89. The Hall–Kier alpha value is -2.72. The van der Waals surface area contributed by atoms with Crippen LogP contribution in [-0.2, 0) is 9.53 Å². The summed E-state index contributed by atoms with van der Waals surface area (Å²) in [4.78, 5) is 20.0. The Labute approximate surface area is 132 Å². The van der Waals surface area contributed by atoms with Gasteiger partial charge in [0.05, 0.1) is 0 Å². The second kappa shape index (κ2) is 6.37. The summed E-state index contributed by atoms with van der Waals surface area (Å²) in [6.07, 6.45) is 6.77. The molecular formula is C17H11ClN2O2. The van der Waals surface area contributed by atoms with Crippen molar-refractivity contribution in [2.24, 2.45) is 4.99 Å². The third kappa shape index (κ3) is 3.30. The molecule has 1 aliphatic heterocycles. The number of carbonyl (C=O) groups is 1. The average molecular weight is 311 g/mol. The normalized spacial score (nSPS) is 16.1. The van der Waals surface area contributed by atoms with Crippen molar-refractivity contribution in [3.63, 3.8) is 0 Å². The van der Waals surface area contributed by atoms with E-state index >= 15 is 0 Å². The molecule has 0 bridgehead atoms. The minimum atomic E-state index is -0.505. The van der Waals surface area contributed by atoms with Crippen LogP contribution in [0.4, 0.5) is 0 Å². The second-order valence-electron chi connectivity index (χ2n) is 4.49. The summed E-state index contributed by atoms with van der Waals surface area (Å²) < 4.78 is 5.11. The molecule has 0 unspecified atom stereocenters. The molecule has 0 amide bonds. The molecule has 22 heavy (non-hydrogen) atoms. The van der Waals surface area contributed by atoms with Crippen molar-refractivity contribution in [2.45, 2.75) is 0 Å². The topological polar surface area (TPSA) is 51.5 Å². The van der Waals surface area contributed by atoms with Gasteiger partial charge >= 0.3 is 5.97 Å². The van der Waals surface area contributed by atoms with Gasteiger partial charge in [0.15, 0.2) is 5.70 Å². The minimum Gasteiger partial charge on any atom is -0.400 e. The highest BCUT2D eigenvalue weighted by Gasteiger charge is 2.24. The molecule has 4 nitrogen and oxygen atoms in total. The first-order valence-electron chi connectivity index (χ1n) is 6.58. The third-order valence-electron chi connectivity index (χ3n) is 2.90. The van der Waals surface area contributed by atoms with Crippen LogP contribution in [0.25, 0.3) is 6.08 Å². The number of cyclic esters (lactones) is 1. The molecule has 0 fully saturated rings. The Morgan fingerprint density at radius 2 is 1.95 bits per heavy atom. The summed E-state index contributed by atoms with van der Waals surface area (Å²) in [6.45, 7) is 0. The van der Waals surface area contributed by atoms with Crippen LogP contribution in [0.5, 0.6) is 0 Å². The van der Waals surface area contributed by atoms with Crippen LogP contribution in [0.1, 0.15) is 11.3 Å². The molecule has 0 aliphatic carbocycles. The molecule has 2 heterocycles. The highest BCUT2D eigenvalue weighted by molar-refractivity contribution is 6.31. The number of hydrogen-bond donors (Lipinski definition) is 0. The lowest BCUT2D eigenvalue weighted by Crippen LogP contribution is -2.06. The number of allylic oxidation sites excluding steroid dienone is 2. The molecule has 0 saturated heterocycles. The lowest BCUT2D eigenvalue weighted by Gasteiger charge is -1.97. The molecule has 2 aromatic rings. The molecule has 5 heteroatoms. The zero-order chi connectivity index (χ0) is 15.4. The number of carbonyl (C=O) groups excluding carboxylic acids is 1. The number of pyridine rings is 1. The first-order chi connectivity index (χ1) is 10.7. The number of esters is 1. The first-order valence-corrected chi connectivity index (χ1v) is 6.96. The molecule has 1 aromatic heterocycles. The molecular weight excluding hydrogens is 300 g/mol. The zero-order valence-electron chi connectivity index (χ0n) is 11.4. The smallest absolute Gasteiger partial charge is 0.363 e. The number of nitrogens with zero attached hydrogens (tertiary/aromatic N) is 2. The van der Waals surface area contributed by atoms with Crippen LogP contribution in [0.3, 0.4) is 0 Å². The van der Waals surface area contributed by atoms with E-state index < -0.39 is 5.97 Å². The molecule has 0 spiro atoms. The van der Waals surface area contributed by atoms with E-state index in [1.807, 2.05) is 36.4 Å². The summed E-state index contributed by atoms with van der Waals surface area (Å²) in [6, 6.07) is 13.0. The number of hydrogen-bond acceptors (Lipinski definition) is 4. The van der Waals surface area contributed by atoms with E-state index in [0.717, 1.165) is 5.56 Å². The lowest BCUT2D eigenvalue weighted by molar-refractivity contribution is -0.130. The van der Waals surface area contributed by atoms with E-state index in [-0.39, 0.29) is 11.6 Å². The van der Waals surface area contributed by atoms with E-state index in [2.05, 4.69) is 9.98 Å². The number of halogens is 1. The number of aromatic nitrogens is 1. The van der Waals surface area contributed by atoms with Crippen molar-refractivity contribution in [3.05, 3.63) is 82.8 Å². The summed E-state index contributed by atoms with van der Waals surface area (Å²) in [5.41, 5.74) is 1.69. The third-order valence-corrected chi connectivity index (χ3v) is 3.14. The van der Waals surface area contributed by atoms with Gasteiger partial charge < -0.3 is 4.74 Å². The van der Waals surface area contributed by atoms with Crippen LogP contribution in [0.2, 0.25) is 5.02 Å². The van der Waals surface area contributed by atoms with Gasteiger partial charge in [0.2, 0.25) is 5.90 Å². The molecule has 0 saturated carbocycles. The van der Waals surface area contributed by atoms with Crippen LogP contribution in [0.15, 0.2) is 71.5 Å². The minimum absolute atomic E-state index is 0.159. The maximum atomic E-state index is 11.8. The van der Waals surface area contributed by atoms with Crippen LogP contribution < -0.4 is 0 Å². The van der Waals surface area contributed by atoms with E-state index in [9.17, 15) is 4.79 Å². The zero-order valence-corrected chi connectivity index (χ0v) is 12.2. The molecule has 0 atom stereocenters. The molecule has 108 valence electrons. The van der Waals surface area contributed by atoms with E-state index in [1.54, 1.807) is 24.3 Å². The highest BCUT2D eigenvalue weighted by Crippen LogP contribution is 2.17. The molecule has 3 rings (SSSR count). The molecule has 1 aliphatic rings. The predicted molar refractivity (Wildman–Crippen MR) is 85.4 cm³/mol. The van der Waals surface area contributed by atoms with Gasteiger partial charge in [-0.1, -0.05) is 54.1 Å². The predicted octanol–water partition coefficient (Wildman–Crippen LogP) is 3.64. The van der Waals surface area contributed by atoms with Gasteiger partial charge in [-0.2, -0.15) is 0 Å². The lowest BCUT2D eigenvalue weighted by atomic mass is 10.2. The van der Waals surface area contributed by atoms with E-state index in [1.165, 1.54) is 6.20 Å². The standard InChI is InChI=1S/C17H11ClN2O2/c18-13-9-10-19-15(11-13)16-20-14(17(21)22-16)8-4-7-12-5-2-1-3-6-12/h1-11H/b7-4+,14-8-. The summed E-state index contributed by atoms with van der Waals surface area (Å²) in [5, 5.41) is 0.505. The average Bonchev–Trinajstić information content (AvgIpc) is 2.90. The Morgan fingerprint density at radius 3 is 2.73 bits per heavy atom. The van der Waals surface area contributed by atoms with Crippen LogP contribution in [-0.4, -0.2) is 16.9 Å². The summed E-state index contributed by atoms with van der Waals surface area (Å²) in [7, 11) is 0. The number of benzene rings is 1. The van der Waals surface area contributed by atoms with Crippen molar-refractivity contribution in [3.8, 4) is 0 Å². The first kappa shape index (κ1) is 14.2. The number of rotatable bonds is 3. The van der Waals surface area contributed by atoms with Crippen molar-refractivity contribution in [1.29, 1.82) is 0 Å². The molecule has 1 aromatic carbocycles. The van der Waals surface area contributed by atoms with Crippen LogP contribution >= 0.6 is 11.6 Å². The Kier molecular flexibility index (Phi) is 4.12. The van der Waals surface area contributed by atoms with E-state index in [4.69, 9.17) is 16.3 Å². The van der Waals surface area contributed by atoms with Crippen molar-refractivity contribution in [1.82, 2.24) is 4.98 Å². The SMILES string of the molecule is O=C1OC(c2cc(Cl)ccn2)=N/C1=C\C=C\c1ccccc1. The largest absolute Gasteiger partial charge is 0.400 e. The fourth-order valence-electron chi connectivity index (χ4n) is 1.87. The number of ether oxygens (including phenoxy) is 1. The van der Waals surface area contributed by atoms with Gasteiger partial charge in [0, 0.05) is 11.2 Å². The van der Waals surface area contributed by atoms with Gasteiger partial charge in [0.25, 0.3) is 0 Å². The number of aliphatic imine (C=N–C) groups is 1. The van der Waals surface area contributed by atoms with Crippen LogP contribution in [0, 0.1) is 0 Å². The van der Waals surface area contributed by atoms with Crippen molar-refractivity contribution < 1.29 is 9.53 Å². The van der Waals surface area contributed by atoms with Gasteiger partial charge in [-0.15, -0.1) is 0 Å². The molecule has 0 N–H and O–H groups in total. The Morgan fingerprint density at radius 1 is 1.14 bits per heavy atom. The fraction of sp³-hybridized carbons (Fsp3) is 0. The Balaban J connectivity index is 1.81. The van der Waals surface area contributed by atoms with Gasteiger partial charge in [-0.3, -0.25) is 4.98 Å². The summed E-state index contributed by atoms with van der Waals surface area (Å²) in [5.74, 6) is -0.346. The highest BCUT2D eigenvalue weighted by atomic mass is 35.5. The van der Waals surface area contributed by atoms with Gasteiger partial charge in [-0.25, -0.2) is 9.79 Å². The van der Waals surface area contributed by atoms with E-state index in [0.29, 0.717) is 10.7 Å². The van der Waals surface area contributed by atoms with Gasteiger partial charge in [0.1, 0.15) is 5.69 Å². The quantitative estimate of drug-likeness (QED) is 0.642. The van der Waals surface area contributed by atoms with Crippen molar-refractivity contribution in [2.75, 3.05) is 0 Å².